The number of hydrogen-bond donors (Lipinski definition) is 2. The lowest BCUT2D eigenvalue weighted by Crippen LogP contribution is -2.11. The van der Waals surface area contributed by atoms with Crippen molar-refractivity contribution in [2.75, 3.05) is 0 Å². The van der Waals surface area contributed by atoms with Crippen LogP contribution < -0.4 is 0 Å². The Morgan fingerprint density at radius 3 is 2.94 bits per heavy atom. The van der Waals surface area contributed by atoms with E-state index in [1.807, 2.05) is 25.3 Å². The number of carbonyl (C=O) groups is 1. The number of carboxylic acid groups (broad SMARTS) is 1. The lowest BCUT2D eigenvalue weighted by molar-refractivity contribution is -0.139. The summed E-state index contributed by atoms with van der Waals surface area (Å²) in [5.74, 6) is -0.858. The van der Waals surface area contributed by atoms with Crippen LogP contribution in [0.2, 0.25) is 0 Å². The molecule has 1 unspecified atom stereocenters. The molecule has 0 aliphatic heterocycles. The third-order valence-electron chi connectivity index (χ3n) is 2.74. The zero-order valence-corrected chi connectivity index (χ0v) is 10.5. The van der Waals surface area contributed by atoms with Crippen molar-refractivity contribution in [2.45, 2.75) is 26.2 Å². The fraction of sp³-hybridized carbons (Fsp3) is 0.333. The molecule has 2 aromatic heterocycles. The van der Waals surface area contributed by atoms with Crippen LogP contribution in [-0.2, 0) is 4.79 Å². The van der Waals surface area contributed by atoms with Gasteiger partial charge in [0.15, 0.2) is 0 Å². The molecule has 0 aliphatic rings. The molecule has 0 fully saturated rings. The van der Waals surface area contributed by atoms with Crippen LogP contribution in [0.15, 0.2) is 17.6 Å². The molecule has 5 heteroatoms. The summed E-state index contributed by atoms with van der Waals surface area (Å²) < 4.78 is 0. The van der Waals surface area contributed by atoms with Crippen molar-refractivity contribution in [1.82, 2.24) is 9.97 Å². The number of carboxylic acids is 1. The summed E-state index contributed by atoms with van der Waals surface area (Å²) in [6.45, 7) is 3.87. The zero-order valence-electron chi connectivity index (χ0n) is 9.73. The van der Waals surface area contributed by atoms with Crippen LogP contribution in [0.1, 0.15) is 30.7 Å². The highest BCUT2D eigenvalue weighted by Gasteiger charge is 2.21. The molecule has 0 spiro atoms. The summed E-state index contributed by atoms with van der Waals surface area (Å²) in [7, 11) is 0. The summed E-state index contributed by atoms with van der Waals surface area (Å²) in [5.41, 5.74) is 2.07. The summed E-state index contributed by atoms with van der Waals surface area (Å²) in [5, 5.41) is 11.1. The third-order valence-corrected chi connectivity index (χ3v) is 3.79. The number of nitrogens with zero attached hydrogens (tertiary/aromatic N) is 1. The van der Waals surface area contributed by atoms with Crippen LogP contribution in [-0.4, -0.2) is 21.0 Å². The minimum atomic E-state index is -0.837. The molecule has 4 nitrogen and oxygen atoms in total. The largest absolute Gasteiger partial charge is 0.481 e. The van der Waals surface area contributed by atoms with Gasteiger partial charge in [-0.1, -0.05) is 6.92 Å². The van der Waals surface area contributed by atoms with Crippen LogP contribution in [0.3, 0.4) is 0 Å². The van der Waals surface area contributed by atoms with Gasteiger partial charge in [0.25, 0.3) is 0 Å². The smallest absolute Gasteiger partial charge is 0.314 e. The van der Waals surface area contributed by atoms with Crippen LogP contribution in [0.4, 0.5) is 0 Å². The van der Waals surface area contributed by atoms with Crippen molar-refractivity contribution in [2.24, 2.45) is 0 Å². The average molecular weight is 250 g/mol. The highest BCUT2D eigenvalue weighted by Crippen LogP contribution is 2.29. The number of rotatable bonds is 4. The predicted octanol–water partition coefficient (Wildman–Crippen LogP) is 3.02. The second kappa shape index (κ2) is 4.71. The van der Waals surface area contributed by atoms with Crippen molar-refractivity contribution in [3.05, 3.63) is 29.0 Å². The first kappa shape index (κ1) is 11.9. The molecule has 2 aromatic rings. The summed E-state index contributed by atoms with van der Waals surface area (Å²) in [4.78, 5) is 19.4. The molecular formula is C12H14N2O2S. The Bertz CT molecular complexity index is 530. The first-order chi connectivity index (χ1) is 8.13. The molecule has 0 aromatic carbocycles. The van der Waals surface area contributed by atoms with Crippen molar-refractivity contribution < 1.29 is 9.90 Å². The normalized spacial score (nSPS) is 12.6. The topological polar surface area (TPSA) is 66.0 Å². The Kier molecular flexibility index (Phi) is 3.28. The summed E-state index contributed by atoms with van der Waals surface area (Å²) in [6, 6.07) is 2.04. The Balaban J connectivity index is 2.33. The lowest BCUT2D eigenvalue weighted by atomic mass is 10.1. The van der Waals surface area contributed by atoms with E-state index in [1.54, 1.807) is 17.5 Å². The lowest BCUT2D eigenvalue weighted by Gasteiger charge is -2.05. The number of aromatic nitrogens is 2. The van der Waals surface area contributed by atoms with Gasteiger partial charge in [0.2, 0.25) is 0 Å². The SMILES string of the molecule is CCC(C(=O)O)c1ncc(-c2sccc2C)[nH]1. The van der Waals surface area contributed by atoms with E-state index in [4.69, 9.17) is 5.11 Å². The number of thiophene rings is 1. The molecule has 0 radical (unpaired) electrons. The van der Waals surface area contributed by atoms with E-state index >= 15 is 0 Å². The number of aliphatic carboxylic acids is 1. The fourth-order valence-electron chi connectivity index (χ4n) is 1.76. The van der Waals surface area contributed by atoms with Gasteiger partial charge in [-0.15, -0.1) is 11.3 Å². The minimum Gasteiger partial charge on any atom is -0.481 e. The number of hydrogen-bond acceptors (Lipinski definition) is 3. The van der Waals surface area contributed by atoms with E-state index in [-0.39, 0.29) is 0 Å². The van der Waals surface area contributed by atoms with E-state index in [2.05, 4.69) is 9.97 Å². The summed E-state index contributed by atoms with van der Waals surface area (Å²) in [6.07, 6.45) is 2.24. The van der Waals surface area contributed by atoms with Crippen molar-refractivity contribution in [3.8, 4) is 10.6 Å². The number of imidazole rings is 1. The molecule has 90 valence electrons. The van der Waals surface area contributed by atoms with Gasteiger partial charge in [-0.3, -0.25) is 4.79 Å². The Hall–Kier alpha value is -1.62. The second-order valence-electron chi connectivity index (χ2n) is 3.91. The average Bonchev–Trinajstić information content (AvgIpc) is 2.87. The first-order valence-electron chi connectivity index (χ1n) is 5.45. The van der Waals surface area contributed by atoms with E-state index in [0.717, 1.165) is 10.6 Å². The highest BCUT2D eigenvalue weighted by atomic mass is 32.1. The predicted molar refractivity (Wildman–Crippen MR) is 67.3 cm³/mol. The molecule has 1 atom stereocenters. The molecule has 0 saturated carbocycles. The molecular weight excluding hydrogens is 236 g/mol. The van der Waals surface area contributed by atoms with Gasteiger partial charge in [0, 0.05) is 0 Å². The molecule has 2 rings (SSSR count). The van der Waals surface area contributed by atoms with E-state index in [9.17, 15) is 4.79 Å². The van der Waals surface area contributed by atoms with Crippen LogP contribution in [0.5, 0.6) is 0 Å². The molecule has 2 N–H and O–H groups in total. The molecule has 0 saturated heterocycles. The van der Waals surface area contributed by atoms with Gasteiger partial charge < -0.3 is 10.1 Å². The van der Waals surface area contributed by atoms with Crippen molar-refractivity contribution >= 4 is 17.3 Å². The fourth-order valence-corrected chi connectivity index (χ4v) is 2.66. The minimum absolute atomic E-state index is 0.530. The van der Waals surface area contributed by atoms with Gasteiger partial charge in [0.1, 0.15) is 11.7 Å². The summed E-state index contributed by atoms with van der Waals surface area (Å²) >= 11 is 1.63. The molecule has 0 aliphatic carbocycles. The zero-order chi connectivity index (χ0) is 12.4. The van der Waals surface area contributed by atoms with Gasteiger partial charge in [-0.05, 0) is 30.4 Å². The number of H-pyrrole nitrogens is 1. The maximum atomic E-state index is 11.0. The number of nitrogens with one attached hydrogen (secondary N) is 1. The Morgan fingerprint density at radius 2 is 2.41 bits per heavy atom. The van der Waals surface area contributed by atoms with E-state index < -0.39 is 11.9 Å². The maximum Gasteiger partial charge on any atom is 0.314 e. The number of aryl methyl sites for hydroxylation is 1. The number of aromatic amines is 1. The van der Waals surface area contributed by atoms with Gasteiger partial charge >= 0.3 is 5.97 Å². The van der Waals surface area contributed by atoms with Gasteiger partial charge in [-0.2, -0.15) is 0 Å². The standard InChI is InChI=1S/C12H14N2O2S/c1-3-8(12(15)16)11-13-6-9(14-11)10-7(2)4-5-17-10/h4-6,8H,3H2,1-2H3,(H,13,14)(H,15,16). The first-order valence-corrected chi connectivity index (χ1v) is 6.33. The van der Waals surface area contributed by atoms with Gasteiger partial charge in [-0.25, -0.2) is 4.98 Å². The Morgan fingerprint density at radius 1 is 1.65 bits per heavy atom. The maximum absolute atomic E-state index is 11.0. The molecule has 2 heterocycles. The van der Waals surface area contributed by atoms with Crippen molar-refractivity contribution in [3.63, 3.8) is 0 Å². The van der Waals surface area contributed by atoms with Crippen LogP contribution in [0.25, 0.3) is 10.6 Å². The van der Waals surface area contributed by atoms with Crippen LogP contribution >= 0.6 is 11.3 Å². The van der Waals surface area contributed by atoms with E-state index in [1.165, 1.54) is 5.56 Å². The third kappa shape index (κ3) is 2.24. The monoisotopic (exact) mass is 250 g/mol. The van der Waals surface area contributed by atoms with Gasteiger partial charge in [0.05, 0.1) is 16.8 Å². The van der Waals surface area contributed by atoms with Crippen LogP contribution in [0, 0.1) is 6.92 Å². The van der Waals surface area contributed by atoms with E-state index in [0.29, 0.717) is 12.2 Å². The second-order valence-corrected chi connectivity index (χ2v) is 4.83. The quantitative estimate of drug-likeness (QED) is 0.876. The highest BCUT2D eigenvalue weighted by molar-refractivity contribution is 7.13. The Labute approximate surface area is 103 Å². The molecule has 0 bridgehead atoms. The molecule has 0 amide bonds. The molecule has 17 heavy (non-hydrogen) atoms. The van der Waals surface area contributed by atoms with Crippen molar-refractivity contribution in [1.29, 1.82) is 0 Å².